The van der Waals surface area contributed by atoms with Gasteiger partial charge < -0.3 is 144 Å². The molecule has 9 aromatic rings. The fourth-order valence-corrected chi connectivity index (χ4v) is 20.4. The van der Waals surface area contributed by atoms with Crippen LogP contribution in [0.2, 0.25) is 0 Å². The summed E-state index contributed by atoms with van der Waals surface area (Å²) in [5.74, 6) is -1.15. The van der Waals surface area contributed by atoms with Crippen molar-refractivity contribution in [3.8, 4) is 0 Å². The number of rotatable bonds is 38. The molecule has 0 spiro atoms. The number of fused-ring (bicyclic) bond motifs is 3. The van der Waals surface area contributed by atoms with Gasteiger partial charge in [-0.2, -0.15) is 9.97 Å². The number of ether oxygens (including phenoxy) is 12. The minimum atomic E-state index is -6.20. The highest BCUT2D eigenvalue weighted by atomic mass is 31.2. The maximum Gasteiger partial charge on any atom is 0.330 e. The number of aromatic amines is 5. The number of nitrogens with one attached hydrogen (secondary N) is 5. The van der Waals surface area contributed by atoms with E-state index >= 15 is 4.39 Å². The highest BCUT2D eigenvalue weighted by molar-refractivity contribution is 7.47. The first-order chi connectivity index (χ1) is 62.2. The van der Waals surface area contributed by atoms with Crippen molar-refractivity contribution in [2.45, 2.75) is 161 Å². The van der Waals surface area contributed by atoms with Gasteiger partial charge in [-0.15, -0.1) is 0 Å². The topological polar surface area (TPSA) is 817 Å². The summed E-state index contributed by atoms with van der Waals surface area (Å²) in [6.45, 7) is -4.94. The molecule has 0 radical (unpaired) electrons. The SMILES string of the molecule is CC[C@H]1O[C@@H](n2ccc(=O)[nH]c2=O)[C@@H](F)C1OP(=O)([O-])OC[C@H]1O[C@@H](n2cnc3c(=O)[nH]c(N)nc32)[C@@H](OC)C1OP(=O)([O-])OC[C@H]1O[C@@H](n2cnc3c(=O)[nH]c(N)nc32)[C@@H](OC)C1OP(=O)([O-])OC[C@H]1O[C@@H](n2cnc3c(N)ncnc32)[C@@H](OC)C1OP(=O)([O-])OC[C@H]1O[C@@H](n2ccc(=O)[nH]c2=O)[C@@H](OC)C1OP(=O)([O-])OC[C@H]1O[C@@H](n2ccc(=O)[nH]c2=O)[C@@H](OC)C1OC. The van der Waals surface area contributed by atoms with Crippen LogP contribution in [-0.2, 0) is 125 Å². The Bertz CT molecular complexity index is 6470. The lowest BCUT2D eigenvalue weighted by molar-refractivity contribution is -0.242. The molecule has 29 atom stereocenters. The lowest BCUT2D eigenvalue weighted by atomic mass is 10.1. The molecule has 11 unspecified atom stereocenters. The zero-order valence-electron chi connectivity index (χ0n) is 68.4. The normalized spacial score (nSPS) is 31.6. The lowest BCUT2D eigenvalue weighted by Crippen LogP contribution is -2.41. The third kappa shape index (κ3) is 20.0. The number of phosphoric ester groups is 5. The van der Waals surface area contributed by atoms with Crippen molar-refractivity contribution in [2.75, 3.05) is 92.9 Å². The number of hydrogen-bond acceptors (Lipinski definition) is 50. The molecule has 0 saturated carbocycles. The van der Waals surface area contributed by atoms with Crippen molar-refractivity contribution in [3.63, 3.8) is 0 Å². The smallest absolute Gasteiger partial charge is 0.330 e. The number of aromatic nitrogens is 18. The van der Waals surface area contributed by atoms with Crippen molar-refractivity contribution in [1.82, 2.24) is 87.2 Å². The second-order valence-corrected chi connectivity index (χ2v) is 36.0. The predicted octanol–water partition coefficient (Wildman–Crippen LogP) is -6.94. The number of halogens is 1. The first-order valence-electron chi connectivity index (χ1n) is 38.4. The van der Waals surface area contributed by atoms with E-state index in [1.54, 1.807) is 0 Å². The van der Waals surface area contributed by atoms with Crippen molar-refractivity contribution >= 4 is 90.3 Å². The number of imidazole rings is 3. The molecule has 6 aliphatic heterocycles. The third-order valence-corrected chi connectivity index (χ3v) is 26.3. The molecule has 0 bridgehead atoms. The van der Waals surface area contributed by atoms with Crippen LogP contribution < -0.4 is 86.5 Å². The van der Waals surface area contributed by atoms with E-state index in [9.17, 15) is 85.6 Å². The van der Waals surface area contributed by atoms with E-state index in [0.717, 1.165) is 109 Å². The van der Waals surface area contributed by atoms with E-state index in [1.807, 2.05) is 9.97 Å². The standard InChI is InChI=1S/C64H83FN21O40P5/c1-8-24-37(33(65)54(116-24)81-12-9-30(87)74-62(81)92)122-127(95,96)112-17-28-41(46(109-6)58(120-28)85-22-72-35-50(85)77-60(67)79-52(35)90)125-131(103,104)115-19-29-42(47(110-7)59(121-29)86-23-73-36-51(86)78-61(68)80-53(36)91)126-130(101,102)114-18-27-40(45(108-5)57(119-27)84-21-71-34-48(66)69-20-70-49(34)84)124-129(99,100)113-16-26-39(44(107-4)56(118-26)83-14-11-32(89)76-64(83)94)123-128(97,98)111-15-25-38(105-2)43(106-3)55(117-25)82-13-10-31(88)75-63(82)93/h9-14,20-29,33,37-47,54-59H,8,15-19H2,1-7H3,(H,95,96)(H,97,98)(H,99,100)(H,101,102)(H,103,104)(H2,66,69,70)(H,74,87,92)(H,75,88,93)(H,76,89,94)(H3,67,77,79,90)(H3,68,78,80,91)/p-5/t24-,25-,26-,27-,28-,29-,33+,37?,38?,39?,40?,41?,42?,43+,44+,45+,46+,47+,54-,55-,56-,57-,58-,59-/m1/s1. The number of alkyl halides is 1. The molecule has 9 aromatic heterocycles. The van der Waals surface area contributed by atoms with E-state index < -0.39 is 282 Å². The van der Waals surface area contributed by atoms with Crippen LogP contribution in [0, 0.1) is 0 Å². The van der Waals surface area contributed by atoms with Crippen molar-refractivity contribution in [1.29, 1.82) is 0 Å². The van der Waals surface area contributed by atoms with Crippen LogP contribution in [0.15, 0.2) is 100 Å². The Balaban J connectivity index is 0.689. The first-order valence-corrected chi connectivity index (χ1v) is 45.8. The molecule has 6 fully saturated rings. The van der Waals surface area contributed by atoms with Crippen LogP contribution in [0.3, 0.4) is 0 Å². The van der Waals surface area contributed by atoms with Crippen LogP contribution in [0.5, 0.6) is 0 Å². The Hall–Kier alpha value is -9.31. The number of nitrogens with two attached hydrogens (primary N) is 3. The highest BCUT2D eigenvalue weighted by Crippen LogP contribution is 2.55. The van der Waals surface area contributed by atoms with Gasteiger partial charge in [0.15, 0.2) is 77.3 Å². The second kappa shape index (κ2) is 38.6. The number of hydrogen-bond donors (Lipinski definition) is 8. The van der Waals surface area contributed by atoms with Crippen LogP contribution in [0.25, 0.3) is 33.5 Å². The predicted molar refractivity (Wildman–Crippen MR) is 414 cm³/mol. The summed E-state index contributed by atoms with van der Waals surface area (Å²) < 4.78 is 219. The summed E-state index contributed by atoms with van der Waals surface area (Å²) >= 11 is 0. The minimum Gasteiger partial charge on any atom is -0.756 e. The van der Waals surface area contributed by atoms with Crippen molar-refractivity contribution in [3.05, 3.63) is 145 Å². The number of methoxy groups -OCH3 is 6. The molecule has 15 rings (SSSR count). The summed E-state index contributed by atoms with van der Waals surface area (Å²) in [6, 6.07) is 2.72. The van der Waals surface area contributed by atoms with Gasteiger partial charge in [0.1, 0.15) is 110 Å². The Kier molecular flexibility index (Phi) is 28.4. The van der Waals surface area contributed by atoms with Gasteiger partial charge in [-0.1, -0.05) is 6.92 Å². The Labute approximate surface area is 727 Å². The van der Waals surface area contributed by atoms with Crippen molar-refractivity contribution < 1.29 is 154 Å². The molecule has 716 valence electrons. The number of anilines is 3. The molecule has 131 heavy (non-hydrogen) atoms. The zero-order chi connectivity index (χ0) is 94.0. The maximum atomic E-state index is 16.3. The monoisotopic (exact) mass is 1950 g/mol. The number of phosphoric acid groups is 5. The molecule has 0 amide bonds. The average Bonchev–Trinajstić information content (AvgIpc) is 1.62. The molecular weight excluding hydrogens is 1880 g/mol. The molecule has 67 heteroatoms. The molecular formula is C64H78FN21O40P5-5. The van der Waals surface area contributed by atoms with Crippen LogP contribution in [0.1, 0.15) is 50.7 Å². The van der Waals surface area contributed by atoms with Crippen LogP contribution >= 0.6 is 39.1 Å². The second-order valence-electron chi connectivity index (χ2n) is 29.2. The highest BCUT2D eigenvalue weighted by Gasteiger charge is 2.57. The van der Waals surface area contributed by atoms with Gasteiger partial charge in [0.25, 0.3) is 66.9 Å². The number of nitrogens with zero attached hydrogens (tertiary/aromatic N) is 13. The van der Waals surface area contributed by atoms with E-state index in [1.165, 1.54) is 21.1 Å². The quantitative estimate of drug-likeness (QED) is 0.0167. The van der Waals surface area contributed by atoms with Gasteiger partial charge in [-0.05, 0) is 6.42 Å². The Morgan fingerprint density at radius 1 is 0.366 bits per heavy atom. The molecule has 0 aromatic carbocycles. The largest absolute Gasteiger partial charge is 0.756 e. The van der Waals surface area contributed by atoms with Crippen LogP contribution in [-0.4, -0.2) is 273 Å². The third-order valence-electron chi connectivity index (χ3n) is 21.5. The molecule has 15 heterocycles. The minimum absolute atomic E-state index is 0.0599. The fourth-order valence-electron chi connectivity index (χ4n) is 15.7. The fraction of sp³-hybridized carbons (Fsp3) is 0.578. The molecule has 61 nitrogen and oxygen atoms in total. The molecule has 6 aliphatic rings. The van der Waals surface area contributed by atoms with Gasteiger partial charge >= 0.3 is 17.1 Å². The summed E-state index contributed by atoms with van der Waals surface area (Å²) in [7, 11) is -23.8. The van der Waals surface area contributed by atoms with E-state index in [2.05, 4.69) is 49.8 Å². The van der Waals surface area contributed by atoms with E-state index in [0.29, 0.717) is 9.13 Å². The maximum absolute atomic E-state index is 16.3. The molecule has 0 aliphatic carbocycles. The lowest BCUT2D eigenvalue weighted by Gasteiger charge is -2.34. The molecule has 6 saturated heterocycles. The van der Waals surface area contributed by atoms with Crippen LogP contribution in [0.4, 0.5) is 22.1 Å². The summed E-state index contributed by atoms with van der Waals surface area (Å²) in [6.07, 6.45) is -37.2. The van der Waals surface area contributed by atoms with E-state index in [-0.39, 0.29) is 40.2 Å². The Morgan fingerprint density at radius 2 is 0.649 bits per heavy atom. The molecule has 11 N–H and O–H groups in total. The summed E-state index contributed by atoms with van der Waals surface area (Å²) in [5.41, 5.74) is 8.75. The van der Waals surface area contributed by atoms with Gasteiger partial charge in [-0.3, -0.25) is 99.1 Å². The van der Waals surface area contributed by atoms with E-state index in [4.69, 9.17) is 119 Å². The van der Waals surface area contributed by atoms with Gasteiger partial charge in [0, 0.05) is 79.4 Å². The van der Waals surface area contributed by atoms with Gasteiger partial charge in [0.05, 0.1) is 58.1 Å². The number of nitrogen functional groups attached to an aromatic ring is 3. The Morgan fingerprint density at radius 3 is 0.969 bits per heavy atom. The summed E-state index contributed by atoms with van der Waals surface area (Å²) in [5, 5.41) is 0. The van der Waals surface area contributed by atoms with Gasteiger partial charge in [0.2, 0.25) is 11.9 Å². The zero-order valence-corrected chi connectivity index (χ0v) is 72.8. The first kappa shape index (κ1) is 96.3. The van der Waals surface area contributed by atoms with Crippen molar-refractivity contribution in [2.24, 2.45) is 0 Å². The number of H-pyrrole nitrogens is 5. The summed E-state index contributed by atoms with van der Waals surface area (Å²) in [4.78, 5) is 213. The average molecular weight is 1960 g/mol. The van der Waals surface area contributed by atoms with Gasteiger partial charge in [-0.25, -0.2) is 43.7 Å².